The van der Waals surface area contributed by atoms with Gasteiger partial charge in [-0.1, -0.05) is 157 Å². The van der Waals surface area contributed by atoms with Crippen LogP contribution < -0.4 is 16.4 Å². The normalized spacial score (nSPS) is 10.7. The Bertz CT molecular complexity index is 1410. The molecule has 0 aliphatic heterocycles. The van der Waals surface area contributed by atoms with Gasteiger partial charge >= 0.3 is 0 Å². The molecule has 0 N–H and O–H groups in total. The minimum absolute atomic E-state index is 0.0169. The van der Waals surface area contributed by atoms with Crippen LogP contribution >= 0.6 is 0 Å². The van der Waals surface area contributed by atoms with E-state index < -0.39 is 0 Å². The van der Waals surface area contributed by atoms with Crippen molar-refractivity contribution in [3.63, 3.8) is 0 Å². The zero-order valence-electron chi connectivity index (χ0n) is 20.5. The number of nitrogens with zero attached hydrogens (tertiary/aromatic N) is 1. The molecular formula is C35H26BN. The summed E-state index contributed by atoms with van der Waals surface area (Å²) in [6, 6.07) is 53.8. The number of rotatable bonds is 6. The summed E-state index contributed by atoms with van der Waals surface area (Å²) in [6.07, 6.45) is 1.90. The third-order valence-electron chi connectivity index (χ3n) is 6.91. The number of pyridine rings is 1. The molecule has 2 heteroatoms. The fourth-order valence-corrected chi connectivity index (χ4v) is 5.25. The molecule has 5 aromatic carbocycles. The van der Waals surface area contributed by atoms with Gasteiger partial charge in [-0.2, -0.15) is 0 Å². The first kappa shape index (κ1) is 22.8. The Morgan fingerprint density at radius 2 is 0.757 bits per heavy atom. The smallest absolute Gasteiger partial charge is 0.245 e. The Kier molecular flexibility index (Phi) is 6.47. The number of benzene rings is 5. The Morgan fingerprint density at radius 1 is 0.351 bits per heavy atom. The molecule has 0 amide bonds. The second kappa shape index (κ2) is 10.5. The topological polar surface area (TPSA) is 12.9 Å². The van der Waals surface area contributed by atoms with Crippen molar-refractivity contribution in [2.45, 2.75) is 0 Å². The van der Waals surface area contributed by atoms with E-state index in [0.29, 0.717) is 0 Å². The molecule has 6 rings (SSSR count). The van der Waals surface area contributed by atoms with Crippen LogP contribution in [-0.4, -0.2) is 11.7 Å². The van der Waals surface area contributed by atoms with Gasteiger partial charge < -0.3 is 0 Å². The summed E-state index contributed by atoms with van der Waals surface area (Å²) in [7, 11) is 0. The largest absolute Gasteiger partial charge is 0.257 e. The molecule has 6 aromatic rings. The maximum absolute atomic E-state index is 4.93. The average Bonchev–Trinajstić information content (AvgIpc) is 2.99. The van der Waals surface area contributed by atoms with Crippen molar-refractivity contribution in [1.82, 2.24) is 4.98 Å². The van der Waals surface area contributed by atoms with Gasteiger partial charge in [-0.3, -0.25) is 4.98 Å². The highest BCUT2D eigenvalue weighted by Gasteiger charge is 2.29. The summed E-state index contributed by atoms with van der Waals surface area (Å²) < 4.78 is 0. The standard InChI is InChI=1S/C35H26BN/c1-4-15-27(16-5-1)30-21-10-12-23-32(30)36(33-24-13-11-22-31(33)28-17-6-2-7-18-28)34-25-14-26-37-35(34)29-19-8-3-9-20-29/h1-26H. The van der Waals surface area contributed by atoms with E-state index in [1.165, 1.54) is 38.6 Å². The minimum atomic E-state index is -0.0169. The molecule has 1 nitrogen and oxygen atoms in total. The lowest BCUT2D eigenvalue weighted by Gasteiger charge is -2.24. The van der Waals surface area contributed by atoms with Crippen molar-refractivity contribution in [3.05, 3.63) is 158 Å². The zero-order valence-corrected chi connectivity index (χ0v) is 20.5. The van der Waals surface area contributed by atoms with Crippen LogP contribution in [0.15, 0.2) is 158 Å². The molecule has 0 bridgehead atoms. The number of hydrogen-bond donors (Lipinski definition) is 0. The molecule has 0 saturated carbocycles. The van der Waals surface area contributed by atoms with Gasteiger partial charge in [0.2, 0.25) is 6.71 Å². The van der Waals surface area contributed by atoms with Crippen LogP contribution in [0.1, 0.15) is 0 Å². The zero-order chi connectivity index (χ0) is 24.9. The third kappa shape index (κ3) is 4.62. The molecule has 0 atom stereocenters. The lowest BCUT2D eigenvalue weighted by Crippen LogP contribution is -2.54. The van der Waals surface area contributed by atoms with Crippen LogP contribution in [0.5, 0.6) is 0 Å². The highest BCUT2D eigenvalue weighted by Crippen LogP contribution is 2.23. The Balaban J connectivity index is 1.66. The Labute approximate surface area is 219 Å². The van der Waals surface area contributed by atoms with Crippen molar-refractivity contribution in [2.24, 2.45) is 0 Å². The van der Waals surface area contributed by atoms with Crippen LogP contribution in [0, 0.1) is 0 Å². The van der Waals surface area contributed by atoms with Gasteiger partial charge in [0.1, 0.15) is 0 Å². The summed E-state index contributed by atoms with van der Waals surface area (Å²) in [6.45, 7) is -0.0169. The van der Waals surface area contributed by atoms with Gasteiger partial charge in [-0.15, -0.1) is 0 Å². The summed E-state index contributed by atoms with van der Waals surface area (Å²) in [5.74, 6) is 0. The van der Waals surface area contributed by atoms with E-state index in [1.54, 1.807) is 0 Å². The van der Waals surface area contributed by atoms with Crippen LogP contribution in [0.2, 0.25) is 0 Å². The van der Waals surface area contributed by atoms with E-state index in [4.69, 9.17) is 4.98 Å². The minimum Gasteiger partial charge on any atom is -0.257 e. The van der Waals surface area contributed by atoms with Gasteiger partial charge in [-0.05, 0) is 39.3 Å². The summed E-state index contributed by atoms with van der Waals surface area (Å²) in [4.78, 5) is 4.93. The van der Waals surface area contributed by atoms with Crippen molar-refractivity contribution in [2.75, 3.05) is 0 Å². The van der Waals surface area contributed by atoms with Crippen molar-refractivity contribution in [1.29, 1.82) is 0 Å². The van der Waals surface area contributed by atoms with Gasteiger partial charge in [0.05, 0.1) is 5.69 Å². The summed E-state index contributed by atoms with van der Waals surface area (Å²) >= 11 is 0. The molecule has 0 unspecified atom stereocenters. The first-order valence-electron chi connectivity index (χ1n) is 12.7. The molecule has 0 spiro atoms. The fourth-order valence-electron chi connectivity index (χ4n) is 5.25. The first-order valence-corrected chi connectivity index (χ1v) is 12.7. The van der Waals surface area contributed by atoms with Crippen molar-refractivity contribution < 1.29 is 0 Å². The van der Waals surface area contributed by atoms with E-state index in [-0.39, 0.29) is 6.71 Å². The number of aromatic nitrogens is 1. The predicted molar refractivity (Wildman–Crippen MR) is 158 cm³/mol. The molecule has 0 radical (unpaired) electrons. The molecule has 0 aliphatic rings. The molecule has 0 saturated heterocycles. The second-order valence-corrected chi connectivity index (χ2v) is 9.15. The van der Waals surface area contributed by atoms with Crippen molar-refractivity contribution >= 4 is 23.1 Å². The van der Waals surface area contributed by atoms with E-state index in [9.17, 15) is 0 Å². The molecular weight excluding hydrogens is 445 g/mol. The van der Waals surface area contributed by atoms with Crippen LogP contribution in [0.25, 0.3) is 33.5 Å². The van der Waals surface area contributed by atoms with Gasteiger partial charge in [0.15, 0.2) is 0 Å². The Hall–Kier alpha value is -4.69. The van der Waals surface area contributed by atoms with E-state index in [2.05, 4.69) is 152 Å². The maximum Gasteiger partial charge on any atom is 0.245 e. The SMILES string of the molecule is c1ccc(-c2ccccc2B(c2ccccc2-c2ccccc2)c2cccnc2-c2ccccc2)cc1. The maximum atomic E-state index is 4.93. The van der Waals surface area contributed by atoms with Crippen molar-refractivity contribution in [3.8, 4) is 33.5 Å². The molecule has 174 valence electrons. The quantitative estimate of drug-likeness (QED) is 0.250. The molecule has 0 aliphatic carbocycles. The van der Waals surface area contributed by atoms with E-state index in [1.807, 2.05) is 6.20 Å². The fraction of sp³-hybridized carbons (Fsp3) is 0. The predicted octanol–water partition coefficient (Wildman–Crippen LogP) is 6.60. The van der Waals surface area contributed by atoms with Crippen LogP contribution in [0.4, 0.5) is 0 Å². The molecule has 0 fully saturated rings. The highest BCUT2D eigenvalue weighted by atomic mass is 14.7. The van der Waals surface area contributed by atoms with Crippen LogP contribution in [0.3, 0.4) is 0 Å². The van der Waals surface area contributed by atoms with Gasteiger partial charge in [0, 0.05) is 6.20 Å². The van der Waals surface area contributed by atoms with E-state index in [0.717, 1.165) is 11.3 Å². The number of hydrogen-bond acceptors (Lipinski definition) is 1. The summed E-state index contributed by atoms with van der Waals surface area (Å²) in [5, 5.41) is 0. The third-order valence-corrected chi connectivity index (χ3v) is 6.91. The molecule has 1 heterocycles. The highest BCUT2D eigenvalue weighted by molar-refractivity contribution is 6.97. The second-order valence-electron chi connectivity index (χ2n) is 9.15. The Morgan fingerprint density at radius 3 is 1.27 bits per heavy atom. The van der Waals surface area contributed by atoms with Gasteiger partial charge in [0.25, 0.3) is 0 Å². The average molecular weight is 471 g/mol. The molecule has 37 heavy (non-hydrogen) atoms. The summed E-state index contributed by atoms with van der Waals surface area (Å²) in [5.41, 5.74) is 10.8. The lowest BCUT2D eigenvalue weighted by atomic mass is 9.34. The monoisotopic (exact) mass is 471 g/mol. The van der Waals surface area contributed by atoms with Gasteiger partial charge in [-0.25, -0.2) is 0 Å². The van der Waals surface area contributed by atoms with Crippen LogP contribution in [-0.2, 0) is 0 Å². The lowest BCUT2D eigenvalue weighted by molar-refractivity contribution is 1.34. The first-order chi connectivity index (χ1) is 18.4. The molecule has 1 aromatic heterocycles. The van der Waals surface area contributed by atoms with E-state index >= 15 is 0 Å².